The van der Waals surface area contributed by atoms with Crippen LogP contribution in [0.25, 0.3) is 0 Å². The predicted molar refractivity (Wildman–Crippen MR) is 66.7 cm³/mol. The Morgan fingerprint density at radius 2 is 2.06 bits per heavy atom. The van der Waals surface area contributed by atoms with E-state index in [9.17, 15) is 0 Å². The average Bonchev–Trinajstić information content (AvgIpc) is 2.29. The first-order chi connectivity index (χ1) is 7.67. The van der Waals surface area contributed by atoms with Crippen LogP contribution in [0.15, 0.2) is 29.3 Å². The quantitative estimate of drug-likeness (QED) is 0.494. The number of benzene rings is 1. The highest BCUT2D eigenvalue weighted by Crippen LogP contribution is 2.03. The molecule has 1 rings (SSSR count). The first kappa shape index (κ1) is 12.7. The van der Waals surface area contributed by atoms with Crippen LogP contribution in [0.4, 0.5) is 0 Å². The summed E-state index contributed by atoms with van der Waals surface area (Å²) in [4.78, 5) is 4.27. The Balaban J connectivity index is 2.78. The Kier molecular flexibility index (Phi) is 4.95. The topological polar surface area (TPSA) is 70.6 Å². The summed E-state index contributed by atoms with van der Waals surface area (Å²) < 4.78 is 0. The van der Waals surface area contributed by atoms with E-state index in [1.165, 1.54) is 5.56 Å². The van der Waals surface area contributed by atoms with Crippen molar-refractivity contribution < 1.29 is 5.11 Å². The highest BCUT2D eigenvalue weighted by atomic mass is 16.3. The third-order valence-corrected chi connectivity index (χ3v) is 2.32. The van der Waals surface area contributed by atoms with Gasteiger partial charge in [0.25, 0.3) is 0 Å². The molecule has 0 aliphatic carbocycles. The number of nitrogens with two attached hydrogens (primary N) is 1. The van der Waals surface area contributed by atoms with Gasteiger partial charge in [-0.15, -0.1) is 0 Å². The number of aliphatic imine (C=N–C) groups is 1. The Labute approximate surface area is 96.2 Å². The van der Waals surface area contributed by atoms with Crippen LogP contribution in [0, 0.1) is 6.92 Å². The van der Waals surface area contributed by atoms with Gasteiger partial charge in [-0.2, -0.15) is 0 Å². The number of nitrogens with one attached hydrogen (secondary N) is 1. The second-order valence-electron chi connectivity index (χ2n) is 3.77. The molecule has 0 heterocycles. The first-order valence-corrected chi connectivity index (χ1v) is 5.33. The molecule has 4 N–H and O–H groups in total. The molecule has 0 saturated carbocycles. The molecular weight excluding hydrogens is 202 g/mol. The Hall–Kier alpha value is -1.39. The molecule has 0 spiro atoms. The highest BCUT2D eigenvalue weighted by molar-refractivity contribution is 5.97. The van der Waals surface area contributed by atoms with Gasteiger partial charge in [-0.1, -0.05) is 29.8 Å². The molecule has 0 bridgehead atoms. The first-order valence-electron chi connectivity index (χ1n) is 5.33. The summed E-state index contributed by atoms with van der Waals surface area (Å²) >= 11 is 0. The summed E-state index contributed by atoms with van der Waals surface area (Å²) in [5, 5.41) is 12.1. The van der Waals surface area contributed by atoms with Crippen molar-refractivity contribution >= 4 is 5.84 Å². The summed E-state index contributed by atoms with van der Waals surface area (Å²) in [7, 11) is 1.82. The maximum absolute atomic E-state index is 9.09. The van der Waals surface area contributed by atoms with Crippen molar-refractivity contribution in [3.05, 3.63) is 35.4 Å². The number of amidine groups is 1. The molecule has 16 heavy (non-hydrogen) atoms. The zero-order valence-corrected chi connectivity index (χ0v) is 9.77. The summed E-state index contributed by atoms with van der Waals surface area (Å²) in [5.74, 6) is 0.467. The van der Waals surface area contributed by atoms with Crippen molar-refractivity contribution in [2.24, 2.45) is 10.7 Å². The van der Waals surface area contributed by atoms with Crippen molar-refractivity contribution in [1.29, 1.82) is 0 Å². The van der Waals surface area contributed by atoms with Crippen LogP contribution in [0.2, 0.25) is 0 Å². The molecule has 1 aromatic carbocycles. The van der Waals surface area contributed by atoms with Gasteiger partial charge in [-0.25, -0.2) is 0 Å². The van der Waals surface area contributed by atoms with E-state index in [0.29, 0.717) is 12.4 Å². The molecule has 0 aliphatic rings. The zero-order valence-electron chi connectivity index (χ0n) is 9.77. The maximum Gasteiger partial charge on any atom is 0.126 e. The minimum atomic E-state index is -0.189. The SMILES string of the molecule is CNCC(CO)N=C(N)c1ccc(C)cc1. The van der Waals surface area contributed by atoms with E-state index in [2.05, 4.69) is 10.3 Å². The van der Waals surface area contributed by atoms with E-state index in [1.54, 1.807) is 0 Å². The predicted octanol–water partition coefficient (Wildman–Crippen LogP) is 0.281. The Morgan fingerprint density at radius 1 is 1.44 bits per heavy atom. The van der Waals surface area contributed by atoms with Crippen molar-refractivity contribution in [2.75, 3.05) is 20.2 Å². The summed E-state index contributed by atoms with van der Waals surface area (Å²) in [6.07, 6.45) is 0. The fraction of sp³-hybridized carbons (Fsp3) is 0.417. The number of rotatable bonds is 5. The van der Waals surface area contributed by atoms with E-state index in [0.717, 1.165) is 5.56 Å². The minimum absolute atomic E-state index is 0.00655. The molecule has 1 aromatic rings. The minimum Gasteiger partial charge on any atom is -0.394 e. The summed E-state index contributed by atoms with van der Waals surface area (Å²) in [6, 6.07) is 7.66. The zero-order chi connectivity index (χ0) is 12.0. The fourth-order valence-electron chi connectivity index (χ4n) is 1.38. The summed E-state index contributed by atoms with van der Waals surface area (Å²) in [6.45, 7) is 2.63. The van der Waals surface area contributed by atoms with Gasteiger partial charge in [-0.3, -0.25) is 4.99 Å². The number of aliphatic hydroxyl groups excluding tert-OH is 1. The smallest absolute Gasteiger partial charge is 0.126 e. The van der Waals surface area contributed by atoms with Gasteiger partial charge < -0.3 is 16.2 Å². The second kappa shape index (κ2) is 6.25. The average molecular weight is 221 g/mol. The largest absolute Gasteiger partial charge is 0.394 e. The molecule has 88 valence electrons. The van der Waals surface area contributed by atoms with Gasteiger partial charge in [0.15, 0.2) is 0 Å². The molecule has 1 unspecified atom stereocenters. The Bertz CT molecular complexity index is 346. The molecule has 0 fully saturated rings. The number of aryl methyl sites for hydroxylation is 1. The molecule has 0 aliphatic heterocycles. The molecule has 0 saturated heterocycles. The molecule has 0 amide bonds. The Morgan fingerprint density at radius 3 is 2.56 bits per heavy atom. The van der Waals surface area contributed by atoms with Crippen LogP contribution in [0.5, 0.6) is 0 Å². The fourth-order valence-corrected chi connectivity index (χ4v) is 1.38. The third-order valence-electron chi connectivity index (χ3n) is 2.32. The lowest BCUT2D eigenvalue weighted by Gasteiger charge is -2.10. The van der Waals surface area contributed by atoms with E-state index < -0.39 is 0 Å². The van der Waals surface area contributed by atoms with Crippen LogP contribution >= 0.6 is 0 Å². The lowest BCUT2D eigenvalue weighted by atomic mass is 10.1. The van der Waals surface area contributed by atoms with Crippen molar-refractivity contribution in [3.63, 3.8) is 0 Å². The van der Waals surface area contributed by atoms with Gasteiger partial charge >= 0.3 is 0 Å². The van der Waals surface area contributed by atoms with Gasteiger partial charge in [0, 0.05) is 12.1 Å². The number of hydrogen-bond donors (Lipinski definition) is 3. The van der Waals surface area contributed by atoms with Gasteiger partial charge in [0.2, 0.25) is 0 Å². The van der Waals surface area contributed by atoms with Crippen molar-refractivity contribution in [3.8, 4) is 0 Å². The van der Waals surface area contributed by atoms with Crippen molar-refractivity contribution in [1.82, 2.24) is 5.32 Å². The lowest BCUT2D eigenvalue weighted by Crippen LogP contribution is -2.28. The molecule has 0 radical (unpaired) electrons. The highest BCUT2D eigenvalue weighted by Gasteiger charge is 2.05. The second-order valence-corrected chi connectivity index (χ2v) is 3.77. The molecule has 4 heteroatoms. The third kappa shape index (κ3) is 3.64. The number of likely N-dealkylation sites (N-methyl/N-ethyl adjacent to an activating group) is 1. The van der Waals surface area contributed by atoms with Crippen LogP contribution in [-0.4, -0.2) is 37.2 Å². The van der Waals surface area contributed by atoms with Gasteiger partial charge in [0.1, 0.15) is 5.84 Å². The normalized spacial score (nSPS) is 13.8. The van der Waals surface area contributed by atoms with Crippen LogP contribution in [0.3, 0.4) is 0 Å². The number of aliphatic hydroxyl groups is 1. The van der Waals surface area contributed by atoms with Gasteiger partial charge in [0.05, 0.1) is 12.6 Å². The van der Waals surface area contributed by atoms with Crippen LogP contribution < -0.4 is 11.1 Å². The molecule has 1 atom stereocenters. The lowest BCUT2D eigenvalue weighted by molar-refractivity contribution is 0.265. The maximum atomic E-state index is 9.09. The molecule has 4 nitrogen and oxygen atoms in total. The van der Waals surface area contributed by atoms with E-state index in [-0.39, 0.29) is 12.6 Å². The monoisotopic (exact) mass is 221 g/mol. The van der Waals surface area contributed by atoms with E-state index >= 15 is 0 Å². The van der Waals surface area contributed by atoms with E-state index in [4.69, 9.17) is 10.8 Å². The number of nitrogens with zero attached hydrogens (tertiary/aromatic N) is 1. The van der Waals surface area contributed by atoms with Crippen LogP contribution in [-0.2, 0) is 0 Å². The van der Waals surface area contributed by atoms with E-state index in [1.807, 2.05) is 38.2 Å². The van der Waals surface area contributed by atoms with Crippen LogP contribution in [0.1, 0.15) is 11.1 Å². The van der Waals surface area contributed by atoms with Gasteiger partial charge in [-0.05, 0) is 14.0 Å². The number of hydrogen-bond acceptors (Lipinski definition) is 3. The standard InChI is InChI=1S/C12H19N3O/c1-9-3-5-10(6-4-9)12(13)15-11(8-16)7-14-2/h3-6,11,14,16H,7-8H2,1-2H3,(H2,13,15). The molecular formula is C12H19N3O. The van der Waals surface area contributed by atoms with Crippen molar-refractivity contribution in [2.45, 2.75) is 13.0 Å². The molecule has 0 aromatic heterocycles. The summed E-state index contributed by atoms with van der Waals surface area (Å²) in [5.41, 5.74) is 7.94.